The van der Waals surface area contributed by atoms with Crippen LogP contribution in [0.4, 0.5) is 0 Å². The van der Waals surface area contributed by atoms with Crippen molar-refractivity contribution in [1.82, 2.24) is 39.6 Å². The Bertz CT molecular complexity index is 2600. The number of tetrazole rings is 1. The van der Waals surface area contributed by atoms with E-state index in [-0.39, 0.29) is 0 Å². The van der Waals surface area contributed by atoms with E-state index >= 15 is 0 Å². The molecular formula is C43H35BrN8O. The highest BCUT2D eigenvalue weighted by atomic mass is 79.9. The molecule has 9 nitrogen and oxygen atoms in total. The van der Waals surface area contributed by atoms with E-state index < -0.39 is 5.54 Å². The molecule has 4 aromatic heterocycles. The summed E-state index contributed by atoms with van der Waals surface area (Å²) in [5.41, 5.74) is 7.91. The van der Waals surface area contributed by atoms with Gasteiger partial charge in [0.25, 0.3) is 0 Å². The normalized spacial score (nSPS) is 11.9. The zero-order valence-electron chi connectivity index (χ0n) is 29.3. The average Bonchev–Trinajstić information content (AvgIpc) is 4.01. The first kappa shape index (κ1) is 32.8. The predicted molar refractivity (Wildman–Crippen MR) is 210 cm³/mol. The Morgan fingerprint density at radius 2 is 1.34 bits per heavy atom. The van der Waals surface area contributed by atoms with Gasteiger partial charge in [0.1, 0.15) is 16.9 Å². The van der Waals surface area contributed by atoms with E-state index in [1.165, 1.54) is 5.56 Å². The van der Waals surface area contributed by atoms with Gasteiger partial charge >= 0.3 is 0 Å². The van der Waals surface area contributed by atoms with E-state index in [4.69, 9.17) is 24.8 Å². The molecule has 0 N–H and O–H groups in total. The minimum absolute atomic E-state index is 0.604. The molecule has 5 aromatic carbocycles. The van der Waals surface area contributed by atoms with Crippen molar-refractivity contribution in [3.63, 3.8) is 0 Å². The molecule has 0 aliphatic carbocycles. The van der Waals surface area contributed by atoms with Gasteiger partial charge in [-0.25, -0.2) is 9.67 Å². The standard InChI is InChI=1S/C43H35BrN8O/c1-3-30-28-50(52-41(30)45-38(4-2)47-52)27-29-24-25-37-36(26-29)39(44)40(53-37)34-22-14-15-23-35(34)42-46-48-49-51(42)43(31-16-8-5-9-17-31,32-18-10-6-11-19-32)33-20-12-7-13-21-33/h5-26,28H,3-4,27H2,1-2H3. The third-order valence-electron chi connectivity index (χ3n) is 9.98. The quantitative estimate of drug-likeness (QED) is 0.129. The molecule has 0 atom stereocenters. The molecule has 260 valence electrons. The number of rotatable bonds is 10. The SMILES string of the molecule is CCc1nc2c(CC)cn(Cc3ccc4oc(-c5ccccc5-c5nnnn5C(c5ccccc5)(c5ccccc5)c5ccccc5)c(Br)c4c3)n2n1. The maximum absolute atomic E-state index is 6.66. The van der Waals surface area contributed by atoms with Crippen molar-refractivity contribution < 1.29 is 4.42 Å². The topological polar surface area (TPSA) is 91.9 Å². The molecule has 0 amide bonds. The third kappa shape index (κ3) is 5.40. The summed E-state index contributed by atoms with van der Waals surface area (Å²) in [6.45, 7) is 4.87. The van der Waals surface area contributed by atoms with Gasteiger partial charge in [0.15, 0.2) is 17.3 Å². The zero-order chi connectivity index (χ0) is 35.9. The smallest absolute Gasteiger partial charge is 0.184 e. The highest BCUT2D eigenvalue weighted by molar-refractivity contribution is 9.10. The number of hydrogen-bond acceptors (Lipinski definition) is 6. The number of benzene rings is 5. The van der Waals surface area contributed by atoms with Crippen molar-refractivity contribution in [2.75, 3.05) is 0 Å². The Labute approximate surface area is 314 Å². The fraction of sp³-hybridized carbons (Fsp3) is 0.140. The lowest BCUT2D eigenvalue weighted by Crippen LogP contribution is -2.39. The Balaban J connectivity index is 1.18. The van der Waals surface area contributed by atoms with Crippen molar-refractivity contribution in [3.05, 3.63) is 178 Å². The van der Waals surface area contributed by atoms with E-state index in [1.807, 2.05) is 45.7 Å². The van der Waals surface area contributed by atoms with Gasteiger partial charge < -0.3 is 4.42 Å². The zero-order valence-corrected chi connectivity index (χ0v) is 30.9. The molecule has 0 aliphatic rings. The number of furan rings is 1. The summed E-state index contributed by atoms with van der Waals surface area (Å²) in [6.07, 6.45) is 3.83. The Morgan fingerprint density at radius 1 is 0.717 bits per heavy atom. The second kappa shape index (κ2) is 13.4. The summed E-state index contributed by atoms with van der Waals surface area (Å²) in [7, 11) is 0. The van der Waals surface area contributed by atoms with Gasteiger partial charge in [-0.3, -0.25) is 4.68 Å². The van der Waals surface area contributed by atoms with Crippen LogP contribution in [0.3, 0.4) is 0 Å². The molecule has 4 heterocycles. The third-order valence-corrected chi connectivity index (χ3v) is 10.8. The Morgan fingerprint density at radius 3 is 1.96 bits per heavy atom. The number of aromatic nitrogens is 8. The monoisotopic (exact) mass is 758 g/mol. The van der Waals surface area contributed by atoms with E-state index in [0.29, 0.717) is 18.1 Å². The molecule has 9 aromatic rings. The Hall–Kier alpha value is -6.13. The number of halogens is 1. The van der Waals surface area contributed by atoms with Crippen LogP contribution in [0.25, 0.3) is 39.3 Å². The minimum Gasteiger partial charge on any atom is -0.455 e. The van der Waals surface area contributed by atoms with Crippen LogP contribution in [0.2, 0.25) is 0 Å². The van der Waals surface area contributed by atoms with Crippen LogP contribution in [0, 0.1) is 0 Å². The van der Waals surface area contributed by atoms with Gasteiger partial charge in [-0.1, -0.05) is 135 Å². The van der Waals surface area contributed by atoms with Crippen LogP contribution >= 0.6 is 15.9 Å². The van der Waals surface area contributed by atoms with Crippen LogP contribution in [0.15, 0.2) is 149 Å². The van der Waals surface area contributed by atoms with Gasteiger partial charge in [-0.05, 0) is 67.2 Å². The first-order valence-electron chi connectivity index (χ1n) is 17.8. The second-order valence-electron chi connectivity index (χ2n) is 13.0. The van der Waals surface area contributed by atoms with Gasteiger partial charge in [0.2, 0.25) is 0 Å². The van der Waals surface area contributed by atoms with Gasteiger partial charge in [-0.2, -0.15) is 4.63 Å². The van der Waals surface area contributed by atoms with Crippen molar-refractivity contribution in [2.24, 2.45) is 0 Å². The maximum Gasteiger partial charge on any atom is 0.184 e. The van der Waals surface area contributed by atoms with Crippen molar-refractivity contribution in [3.8, 4) is 22.7 Å². The fourth-order valence-corrected chi connectivity index (χ4v) is 8.07. The first-order valence-corrected chi connectivity index (χ1v) is 18.6. The van der Waals surface area contributed by atoms with Gasteiger partial charge in [0, 0.05) is 34.7 Å². The van der Waals surface area contributed by atoms with Crippen molar-refractivity contribution in [1.29, 1.82) is 0 Å². The second-order valence-corrected chi connectivity index (χ2v) is 13.8. The molecule has 0 unspecified atom stereocenters. The lowest BCUT2D eigenvalue weighted by molar-refractivity contribution is 0.451. The first-order chi connectivity index (χ1) is 26.1. The summed E-state index contributed by atoms with van der Waals surface area (Å²) in [4.78, 5) is 4.76. The molecular weight excluding hydrogens is 724 g/mol. The molecule has 0 radical (unpaired) electrons. The summed E-state index contributed by atoms with van der Waals surface area (Å²) in [5.74, 6) is 2.15. The molecule has 0 bridgehead atoms. The lowest BCUT2D eigenvalue weighted by Gasteiger charge is -2.36. The van der Waals surface area contributed by atoms with Gasteiger partial charge in [0.05, 0.1) is 11.0 Å². The molecule has 0 spiro atoms. The molecule has 0 fully saturated rings. The summed E-state index contributed by atoms with van der Waals surface area (Å²) in [5, 5.41) is 19.6. The molecule has 0 saturated heterocycles. The maximum atomic E-state index is 6.66. The molecule has 0 aliphatic heterocycles. The van der Waals surface area contributed by atoms with E-state index in [1.54, 1.807) is 0 Å². The molecule has 53 heavy (non-hydrogen) atoms. The highest BCUT2D eigenvalue weighted by Gasteiger charge is 2.42. The van der Waals surface area contributed by atoms with Crippen molar-refractivity contribution in [2.45, 2.75) is 38.8 Å². The molecule has 10 heteroatoms. The average molecular weight is 760 g/mol. The summed E-state index contributed by atoms with van der Waals surface area (Å²) < 4.78 is 13.5. The minimum atomic E-state index is -0.890. The summed E-state index contributed by atoms with van der Waals surface area (Å²) in [6, 6.07) is 45.7. The molecule has 9 rings (SSSR count). The van der Waals surface area contributed by atoms with Crippen molar-refractivity contribution >= 4 is 32.5 Å². The number of hydrogen-bond donors (Lipinski definition) is 0. The van der Waals surface area contributed by atoms with Crippen LogP contribution in [-0.4, -0.2) is 39.6 Å². The number of nitrogens with zero attached hydrogens (tertiary/aromatic N) is 8. The van der Waals surface area contributed by atoms with E-state index in [2.05, 4.69) is 143 Å². The van der Waals surface area contributed by atoms with Crippen LogP contribution in [0.5, 0.6) is 0 Å². The van der Waals surface area contributed by atoms with Crippen LogP contribution < -0.4 is 0 Å². The predicted octanol–water partition coefficient (Wildman–Crippen LogP) is 9.37. The lowest BCUT2D eigenvalue weighted by atomic mass is 9.77. The van der Waals surface area contributed by atoms with Crippen LogP contribution in [0.1, 0.15) is 47.5 Å². The highest BCUT2D eigenvalue weighted by Crippen LogP contribution is 2.45. The number of fused-ring (bicyclic) bond motifs is 2. The fourth-order valence-electron chi connectivity index (χ4n) is 7.46. The largest absolute Gasteiger partial charge is 0.455 e. The van der Waals surface area contributed by atoms with Gasteiger partial charge in [-0.15, -0.1) is 10.2 Å². The Kier molecular flexibility index (Phi) is 8.31. The molecule has 0 saturated carbocycles. The van der Waals surface area contributed by atoms with E-state index in [9.17, 15) is 0 Å². The van der Waals surface area contributed by atoms with E-state index in [0.717, 1.165) is 73.1 Å². The number of aryl methyl sites for hydroxylation is 2. The van der Waals surface area contributed by atoms with Crippen LogP contribution in [-0.2, 0) is 24.9 Å². The summed E-state index contributed by atoms with van der Waals surface area (Å²) >= 11 is 3.96.